The number of anilines is 1. The molecule has 0 heterocycles. The minimum Gasteiger partial charge on any atom is -0.495 e. The van der Waals surface area contributed by atoms with Crippen LogP contribution < -0.4 is 15.8 Å². The Hall–Kier alpha value is -1.75. The van der Waals surface area contributed by atoms with Crippen LogP contribution in [0.15, 0.2) is 24.3 Å². The molecule has 94 valence electrons. The number of ether oxygens (including phenoxy) is 1. The van der Waals surface area contributed by atoms with Gasteiger partial charge < -0.3 is 20.7 Å². The standard InChI is InChI=1S/C12H19N3O2/c1-15(9-5-8-13)12(16)14-10-6-3-4-7-11(10)17-2/h3-4,6-7H,5,8-9,13H2,1-2H3,(H,14,16). The first-order valence-corrected chi connectivity index (χ1v) is 5.54. The lowest BCUT2D eigenvalue weighted by Gasteiger charge is -2.18. The third-order valence-electron chi connectivity index (χ3n) is 2.39. The molecular weight excluding hydrogens is 218 g/mol. The average molecular weight is 237 g/mol. The second kappa shape index (κ2) is 6.75. The van der Waals surface area contributed by atoms with E-state index in [0.29, 0.717) is 24.5 Å². The quantitative estimate of drug-likeness (QED) is 0.815. The molecule has 1 aromatic rings. The first-order valence-electron chi connectivity index (χ1n) is 5.54. The van der Waals surface area contributed by atoms with Gasteiger partial charge in [-0.2, -0.15) is 0 Å². The number of carbonyl (C=O) groups excluding carboxylic acids is 1. The molecule has 0 saturated heterocycles. The van der Waals surface area contributed by atoms with Crippen LogP contribution in [0.3, 0.4) is 0 Å². The number of nitrogens with one attached hydrogen (secondary N) is 1. The highest BCUT2D eigenvalue weighted by Crippen LogP contribution is 2.23. The molecule has 0 unspecified atom stereocenters. The van der Waals surface area contributed by atoms with Crippen molar-refractivity contribution in [2.75, 3.05) is 32.6 Å². The van der Waals surface area contributed by atoms with Gasteiger partial charge in [0.1, 0.15) is 5.75 Å². The summed E-state index contributed by atoms with van der Waals surface area (Å²) in [5.74, 6) is 0.646. The molecule has 5 heteroatoms. The number of urea groups is 1. The minimum atomic E-state index is -0.164. The zero-order valence-electron chi connectivity index (χ0n) is 10.3. The van der Waals surface area contributed by atoms with E-state index in [1.807, 2.05) is 12.1 Å². The van der Waals surface area contributed by atoms with Crippen molar-refractivity contribution in [3.63, 3.8) is 0 Å². The van der Waals surface area contributed by atoms with Crippen molar-refractivity contribution < 1.29 is 9.53 Å². The number of carbonyl (C=O) groups is 1. The number of methoxy groups -OCH3 is 1. The van der Waals surface area contributed by atoms with E-state index in [-0.39, 0.29) is 6.03 Å². The Morgan fingerprint density at radius 1 is 1.47 bits per heavy atom. The van der Waals surface area contributed by atoms with Gasteiger partial charge in [0.05, 0.1) is 12.8 Å². The molecule has 1 aromatic carbocycles. The van der Waals surface area contributed by atoms with Crippen LogP contribution in [-0.2, 0) is 0 Å². The molecule has 0 saturated carbocycles. The van der Waals surface area contributed by atoms with E-state index in [1.54, 1.807) is 31.2 Å². The van der Waals surface area contributed by atoms with E-state index >= 15 is 0 Å². The maximum atomic E-state index is 11.8. The van der Waals surface area contributed by atoms with Gasteiger partial charge >= 0.3 is 6.03 Å². The predicted octanol–water partition coefficient (Wildman–Crippen LogP) is 1.51. The summed E-state index contributed by atoms with van der Waals surface area (Å²) in [6, 6.07) is 7.14. The zero-order valence-corrected chi connectivity index (χ0v) is 10.3. The fourth-order valence-corrected chi connectivity index (χ4v) is 1.39. The monoisotopic (exact) mass is 237 g/mol. The van der Waals surface area contributed by atoms with Gasteiger partial charge in [-0.05, 0) is 25.1 Å². The molecule has 5 nitrogen and oxygen atoms in total. The second-order valence-corrected chi connectivity index (χ2v) is 3.69. The number of nitrogens with two attached hydrogens (primary N) is 1. The van der Waals surface area contributed by atoms with Crippen molar-refractivity contribution in [3.05, 3.63) is 24.3 Å². The van der Waals surface area contributed by atoms with Crippen molar-refractivity contribution in [3.8, 4) is 5.75 Å². The van der Waals surface area contributed by atoms with Crippen molar-refractivity contribution in [2.24, 2.45) is 5.73 Å². The lowest BCUT2D eigenvalue weighted by atomic mass is 10.3. The molecule has 0 aromatic heterocycles. The van der Waals surface area contributed by atoms with Crippen LogP contribution in [0.4, 0.5) is 10.5 Å². The maximum Gasteiger partial charge on any atom is 0.321 e. The lowest BCUT2D eigenvalue weighted by molar-refractivity contribution is 0.222. The molecule has 3 N–H and O–H groups in total. The van der Waals surface area contributed by atoms with Gasteiger partial charge in [0.25, 0.3) is 0 Å². The van der Waals surface area contributed by atoms with Gasteiger partial charge in [-0.25, -0.2) is 4.79 Å². The van der Waals surface area contributed by atoms with Crippen molar-refractivity contribution in [1.82, 2.24) is 4.90 Å². The van der Waals surface area contributed by atoms with Crippen LogP contribution in [0.5, 0.6) is 5.75 Å². The van der Waals surface area contributed by atoms with E-state index in [0.717, 1.165) is 6.42 Å². The molecular formula is C12H19N3O2. The Bertz CT molecular complexity index is 369. The summed E-state index contributed by atoms with van der Waals surface area (Å²) in [7, 11) is 3.31. The lowest BCUT2D eigenvalue weighted by Crippen LogP contribution is -2.33. The summed E-state index contributed by atoms with van der Waals surface area (Å²) in [6.07, 6.45) is 0.788. The normalized spacial score (nSPS) is 9.82. The molecule has 2 amide bonds. The molecule has 0 aliphatic carbocycles. The highest BCUT2D eigenvalue weighted by atomic mass is 16.5. The Labute approximate surface area is 102 Å². The fraction of sp³-hybridized carbons (Fsp3) is 0.417. The van der Waals surface area contributed by atoms with Crippen LogP contribution in [-0.4, -0.2) is 38.2 Å². The SMILES string of the molecule is COc1ccccc1NC(=O)N(C)CCCN. The minimum absolute atomic E-state index is 0.164. The topological polar surface area (TPSA) is 67.6 Å². The van der Waals surface area contributed by atoms with Gasteiger partial charge in [0, 0.05) is 13.6 Å². The number of para-hydroxylation sites is 2. The van der Waals surface area contributed by atoms with Gasteiger partial charge in [0.2, 0.25) is 0 Å². The number of hydrogen-bond acceptors (Lipinski definition) is 3. The molecule has 0 bridgehead atoms. The second-order valence-electron chi connectivity index (χ2n) is 3.69. The Kier molecular flexibility index (Phi) is 5.29. The summed E-state index contributed by atoms with van der Waals surface area (Å²) in [5.41, 5.74) is 6.06. The molecule has 17 heavy (non-hydrogen) atoms. The number of rotatable bonds is 5. The third kappa shape index (κ3) is 3.96. The van der Waals surface area contributed by atoms with E-state index < -0.39 is 0 Å². The number of benzene rings is 1. The largest absolute Gasteiger partial charge is 0.495 e. The average Bonchev–Trinajstić information content (AvgIpc) is 2.36. The van der Waals surface area contributed by atoms with E-state index in [9.17, 15) is 4.79 Å². The van der Waals surface area contributed by atoms with Gasteiger partial charge in [-0.3, -0.25) is 0 Å². The summed E-state index contributed by atoms with van der Waals surface area (Å²) in [4.78, 5) is 13.4. The van der Waals surface area contributed by atoms with Crippen molar-refractivity contribution >= 4 is 11.7 Å². The number of hydrogen-bond donors (Lipinski definition) is 2. The van der Waals surface area contributed by atoms with Crippen LogP contribution in [0.1, 0.15) is 6.42 Å². The molecule has 0 fully saturated rings. The summed E-state index contributed by atoms with van der Waals surface area (Å²) in [6.45, 7) is 1.21. The molecule has 0 spiro atoms. The number of nitrogens with zero attached hydrogens (tertiary/aromatic N) is 1. The van der Waals surface area contributed by atoms with E-state index in [2.05, 4.69) is 5.32 Å². The van der Waals surface area contributed by atoms with Gasteiger partial charge in [-0.1, -0.05) is 12.1 Å². The predicted molar refractivity (Wildman–Crippen MR) is 68.3 cm³/mol. The molecule has 0 aliphatic heterocycles. The van der Waals surface area contributed by atoms with Crippen molar-refractivity contribution in [1.29, 1.82) is 0 Å². The fourth-order valence-electron chi connectivity index (χ4n) is 1.39. The van der Waals surface area contributed by atoms with Crippen LogP contribution in [0.2, 0.25) is 0 Å². The summed E-state index contributed by atoms with van der Waals surface area (Å²) in [5, 5.41) is 2.79. The Balaban J connectivity index is 2.61. The Morgan fingerprint density at radius 2 is 2.18 bits per heavy atom. The summed E-state index contributed by atoms with van der Waals surface area (Å²) >= 11 is 0. The first-order chi connectivity index (χ1) is 8.19. The Morgan fingerprint density at radius 3 is 2.82 bits per heavy atom. The maximum absolute atomic E-state index is 11.8. The highest BCUT2D eigenvalue weighted by Gasteiger charge is 2.10. The first kappa shape index (κ1) is 13.3. The third-order valence-corrected chi connectivity index (χ3v) is 2.39. The number of amides is 2. The van der Waals surface area contributed by atoms with Gasteiger partial charge in [-0.15, -0.1) is 0 Å². The van der Waals surface area contributed by atoms with Crippen LogP contribution >= 0.6 is 0 Å². The smallest absolute Gasteiger partial charge is 0.321 e. The molecule has 0 atom stereocenters. The van der Waals surface area contributed by atoms with Crippen molar-refractivity contribution in [2.45, 2.75) is 6.42 Å². The molecule has 1 rings (SSSR count). The molecule has 0 aliphatic rings. The van der Waals surface area contributed by atoms with E-state index in [1.165, 1.54) is 0 Å². The van der Waals surface area contributed by atoms with Crippen LogP contribution in [0, 0.1) is 0 Å². The highest BCUT2D eigenvalue weighted by molar-refractivity contribution is 5.90. The zero-order chi connectivity index (χ0) is 12.7. The summed E-state index contributed by atoms with van der Waals surface area (Å²) < 4.78 is 5.15. The van der Waals surface area contributed by atoms with Gasteiger partial charge in [0.15, 0.2) is 0 Å². The van der Waals surface area contributed by atoms with E-state index in [4.69, 9.17) is 10.5 Å². The van der Waals surface area contributed by atoms with Crippen LogP contribution in [0.25, 0.3) is 0 Å². The molecule has 0 radical (unpaired) electrons.